The predicted molar refractivity (Wildman–Crippen MR) is 250 cm³/mol. The van der Waals surface area contributed by atoms with Crippen LogP contribution in [-0.4, -0.2) is 110 Å². The molecule has 1 rings (SSSR count). The molecule has 0 bridgehead atoms. The van der Waals surface area contributed by atoms with Crippen LogP contribution in [0.5, 0.6) is 0 Å². The lowest BCUT2D eigenvalue weighted by Gasteiger charge is -2.41. The van der Waals surface area contributed by atoms with E-state index >= 15 is 0 Å². The molecule has 370 valence electrons. The number of aliphatic hydroxyl groups is 6. The Kier molecular flexibility index (Phi) is 35.9. The van der Waals surface area contributed by atoms with E-state index in [4.69, 9.17) is 18.5 Å². The van der Waals surface area contributed by atoms with Crippen LogP contribution in [0.4, 0.5) is 0 Å². The van der Waals surface area contributed by atoms with Gasteiger partial charge in [-0.25, -0.2) is 4.57 Å². The molecule has 15 heteroatoms. The molecular weight excluding hydrogens is 843 g/mol. The summed E-state index contributed by atoms with van der Waals surface area (Å²) in [6.45, 7) is 2.97. The van der Waals surface area contributed by atoms with Gasteiger partial charge in [-0.05, 0) is 83.5 Å². The van der Waals surface area contributed by atoms with Crippen LogP contribution >= 0.6 is 7.82 Å². The van der Waals surface area contributed by atoms with Crippen molar-refractivity contribution in [3.63, 3.8) is 0 Å². The predicted octanol–water partition coefficient (Wildman–Crippen LogP) is 8.70. The van der Waals surface area contributed by atoms with Crippen molar-refractivity contribution in [1.82, 2.24) is 0 Å². The highest BCUT2D eigenvalue weighted by Crippen LogP contribution is 2.47. The Morgan fingerprint density at radius 3 is 1.53 bits per heavy atom. The van der Waals surface area contributed by atoms with E-state index in [0.29, 0.717) is 19.3 Å². The van der Waals surface area contributed by atoms with Crippen molar-refractivity contribution in [3.8, 4) is 0 Å². The van der Waals surface area contributed by atoms with Crippen molar-refractivity contribution in [2.75, 3.05) is 13.2 Å². The number of hydrogen-bond donors (Lipinski definition) is 7. The molecule has 0 spiro atoms. The Bertz CT molecular complexity index is 1370. The summed E-state index contributed by atoms with van der Waals surface area (Å²) in [4.78, 5) is 35.7. The van der Waals surface area contributed by atoms with E-state index in [1.807, 2.05) is 19.1 Å². The van der Waals surface area contributed by atoms with Gasteiger partial charge < -0.3 is 45.0 Å². The third kappa shape index (κ3) is 30.7. The van der Waals surface area contributed by atoms with Crippen LogP contribution in [0.25, 0.3) is 0 Å². The number of carbonyl (C=O) groups excluding carboxylic acids is 2. The van der Waals surface area contributed by atoms with Gasteiger partial charge in [-0.15, -0.1) is 0 Å². The molecule has 9 atom stereocenters. The van der Waals surface area contributed by atoms with Crippen molar-refractivity contribution in [1.29, 1.82) is 0 Å². The third-order valence-electron chi connectivity index (χ3n) is 11.0. The summed E-state index contributed by atoms with van der Waals surface area (Å²) in [7, 11) is -5.15. The maximum absolute atomic E-state index is 12.8. The Morgan fingerprint density at radius 2 is 0.984 bits per heavy atom. The average Bonchev–Trinajstić information content (AvgIpc) is 3.28. The molecule has 1 aliphatic rings. The summed E-state index contributed by atoms with van der Waals surface area (Å²) < 4.78 is 33.5. The number of allylic oxidation sites excluding steroid dienone is 10. The van der Waals surface area contributed by atoms with E-state index in [1.165, 1.54) is 57.8 Å². The quantitative estimate of drug-likeness (QED) is 0.0132. The molecule has 7 N–H and O–H groups in total. The van der Waals surface area contributed by atoms with Gasteiger partial charge in [0.1, 0.15) is 43.2 Å². The number of rotatable bonds is 39. The number of phosphoric ester groups is 1. The monoisotopic (exact) mass is 929 g/mol. The zero-order valence-electron chi connectivity index (χ0n) is 38.9. The fourth-order valence-electron chi connectivity index (χ4n) is 6.90. The van der Waals surface area contributed by atoms with Gasteiger partial charge in [-0.2, -0.15) is 0 Å². The van der Waals surface area contributed by atoms with E-state index in [0.717, 1.165) is 70.6 Å². The molecule has 0 aromatic carbocycles. The third-order valence-corrected chi connectivity index (χ3v) is 12.0. The van der Waals surface area contributed by atoms with Crippen LogP contribution in [0.1, 0.15) is 174 Å². The smallest absolute Gasteiger partial charge is 0.462 e. The summed E-state index contributed by atoms with van der Waals surface area (Å²) in [5, 5.41) is 59.8. The first-order chi connectivity index (χ1) is 30.8. The summed E-state index contributed by atoms with van der Waals surface area (Å²) in [6, 6.07) is 0. The van der Waals surface area contributed by atoms with Gasteiger partial charge in [0.15, 0.2) is 6.10 Å². The molecule has 0 radical (unpaired) electrons. The number of unbranched alkanes of at least 4 members (excludes halogenated alkanes) is 14. The number of carbonyl (C=O) groups is 2. The largest absolute Gasteiger partial charge is 0.472 e. The van der Waals surface area contributed by atoms with Crippen LogP contribution in [0.15, 0.2) is 60.8 Å². The Labute approximate surface area is 384 Å². The second-order valence-corrected chi connectivity index (χ2v) is 18.2. The topological polar surface area (TPSA) is 230 Å². The van der Waals surface area contributed by atoms with Crippen LogP contribution in [-0.2, 0) is 32.7 Å². The van der Waals surface area contributed by atoms with E-state index in [2.05, 4.69) is 55.5 Å². The van der Waals surface area contributed by atoms with Gasteiger partial charge in [-0.1, -0.05) is 139 Å². The molecule has 14 nitrogen and oxygen atoms in total. The van der Waals surface area contributed by atoms with Crippen molar-refractivity contribution >= 4 is 19.8 Å². The highest BCUT2D eigenvalue weighted by Gasteiger charge is 2.51. The van der Waals surface area contributed by atoms with Crippen LogP contribution in [0.3, 0.4) is 0 Å². The van der Waals surface area contributed by atoms with E-state index in [1.54, 1.807) is 0 Å². The van der Waals surface area contributed by atoms with Crippen LogP contribution in [0, 0.1) is 0 Å². The molecule has 0 amide bonds. The van der Waals surface area contributed by atoms with Gasteiger partial charge in [0.2, 0.25) is 0 Å². The van der Waals surface area contributed by atoms with E-state index < -0.39 is 75.7 Å². The molecule has 64 heavy (non-hydrogen) atoms. The van der Waals surface area contributed by atoms with Crippen molar-refractivity contribution in [2.24, 2.45) is 0 Å². The molecule has 3 unspecified atom stereocenters. The van der Waals surface area contributed by atoms with Crippen molar-refractivity contribution in [3.05, 3.63) is 60.8 Å². The first-order valence-electron chi connectivity index (χ1n) is 24.2. The lowest BCUT2D eigenvalue weighted by Crippen LogP contribution is -2.64. The van der Waals surface area contributed by atoms with Crippen LogP contribution < -0.4 is 0 Å². The zero-order chi connectivity index (χ0) is 47.3. The van der Waals surface area contributed by atoms with Crippen molar-refractivity contribution in [2.45, 2.75) is 223 Å². The van der Waals surface area contributed by atoms with Crippen LogP contribution in [0.2, 0.25) is 0 Å². The number of phosphoric acid groups is 1. The molecule has 0 aromatic rings. The molecule has 0 aliphatic heterocycles. The van der Waals surface area contributed by atoms with E-state index in [-0.39, 0.29) is 18.9 Å². The molecule has 0 aromatic heterocycles. The van der Waals surface area contributed by atoms with Gasteiger partial charge >= 0.3 is 19.8 Å². The summed E-state index contributed by atoms with van der Waals surface area (Å²) >= 11 is 0. The van der Waals surface area contributed by atoms with Gasteiger partial charge in [0.25, 0.3) is 0 Å². The fraction of sp³-hybridized carbons (Fsp3) is 0.755. The number of aliphatic hydroxyl groups excluding tert-OH is 6. The summed E-state index contributed by atoms with van der Waals surface area (Å²) in [5.74, 6) is -1.19. The molecule has 1 aliphatic carbocycles. The summed E-state index contributed by atoms with van der Waals surface area (Å²) in [5.41, 5.74) is 0. The lowest BCUT2D eigenvalue weighted by atomic mass is 9.85. The number of hydrogen-bond acceptors (Lipinski definition) is 13. The molecule has 1 saturated carbocycles. The highest BCUT2D eigenvalue weighted by atomic mass is 31.2. The normalized spacial score (nSPS) is 22.6. The Balaban J connectivity index is 2.49. The maximum atomic E-state index is 12.8. The number of esters is 2. The second kappa shape index (κ2) is 38.6. The maximum Gasteiger partial charge on any atom is 0.472 e. The van der Waals surface area contributed by atoms with Gasteiger partial charge in [0.05, 0.1) is 12.7 Å². The van der Waals surface area contributed by atoms with Gasteiger partial charge in [-0.3, -0.25) is 18.6 Å². The molecular formula is C49H85O14P. The minimum Gasteiger partial charge on any atom is -0.462 e. The van der Waals surface area contributed by atoms with E-state index in [9.17, 15) is 49.7 Å². The average molecular weight is 929 g/mol. The molecule has 0 heterocycles. The second-order valence-electron chi connectivity index (χ2n) is 16.7. The first-order valence-corrected chi connectivity index (χ1v) is 25.7. The minimum absolute atomic E-state index is 0.00482. The zero-order valence-corrected chi connectivity index (χ0v) is 39.8. The minimum atomic E-state index is -5.15. The standard InChI is InChI=1S/C49H85O14P/c1-3-5-6-7-8-9-10-11-12-13-14-18-21-24-27-30-33-36-42(51)60-38-41(39-61-64(58,59)63-49-47(56)45(54)44(53)46(55)48(49)57)62-43(52)37-34-31-28-25-22-19-16-15-17-20-23-26-29-32-35-40(50)4-2/h11-12,16-17,19-20,25-26,28-29,40-41,44-50,53-57H,3-10,13-15,18,21-24,27,30-39H2,1-2H3,(H,58,59)/b12-11-,19-16-,20-17-,28-25-,29-26-/t40-,41-,44?,45-,46+,47-,48-,49?/m1/s1. The Morgan fingerprint density at radius 1 is 0.547 bits per heavy atom. The molecule has 1 fully saturated rings. The SMILES string of the molecule is CCCCCCCC/C=C\CCCCCCCCCC(=O)OC[C@H](COP(=O)(O)OC1[C@H](O)[C@H](O)C(O)[C@H](O)[C@H]1O)OC(=O)CCC/C=C\C/C=C\C/C=C\C/C=C\CC[C@H](O)CC. The fourth-order valence-corrected chi connectivity index (χ4v) is 7.87. The highest BCUT2D eigenvalue weighted by molar-refractivity contribution is 7.47. The summed E-state index contributed by atoms with van der Waals surface area (Å²) in [6.07, 6.45) is 30.7. The Hall–Kier alpha value is -2.49. The van der Waals surface area contributed by atoms with Gasteiger partial charge in [0, 0.05) is 12.8 Å². The number of ether oxygens (including phenoxy) is 2. The van der Waals surface area contributed by atoms with Crippen molar-refractivity contribution < 1.29 is 68.2 Å². The molecule has 0 saturated heterocycles. The first kappa shape index (κ1) is 59.5. The lowest BCUT2D eigenvalue weighted by molar-refractivity contribution is -0.220.